The molecule has 0 saturated carbocycles. The minimum Gasteiger partial charge on any atom is -0.467 e. The molecule has 2 aliphatic rings. The van der Waals surface area contributed by atoms with E-state index in [1.54, 1.807) is 18.2 Å². The largest absolute Gasteiger partial charge is 0.467 e. The summed E-state index contributed by atoms with van der Waals surface area (Å²) in [7, 11) is -3.64. The van der Waals surface area contributed by atoms with Crippen molar-refractivity contribution >= 4 is 21.6 Å². The lowest BCUT2D eigenvalue weighted by Crippen LogP contribution is -2.48. The van der Waals surface area contributed by atoms with Crippen molar-refractivity contribution in [3.8, 4) is 5.75 Å². The van der Waals surface area contributed by atoms with Crippen molar-refractivity contribution in [2.75, 3.05) is 33.0 Å². The first kappa shape index (κ1) is 19.6. The molecule has 0 bridgehead atoms. The van der Waals surface area contributed by atoms with Gasteiger partial charge in [0.05, 0.1) is 11.6 Å². The van der Waals surface area contributed by atoms with Gasteiger partial charge in [-0.15, -0.1) is 0 Å². The second-order valence-electron chi connectivity index (χ2n) is 6.77. The molecule has 0 aliphatic carbocycles. The van der Waals surface area contributed by atoms with Crippen LogP contribution in [0.4, 0.5) is 4.39 Å². The fraction of sp³-hybridized carbons (Fsp3) is 0.368. The number of benzene rings is 2. The van der Waals surface area contributed by atoms with Crippen LogP contribution in [0.25, 0.3) is 0 Å². The summed E-state index contributed by atoms with van der Waals surface area (Å²) in [6, 6.07) is 9.34. The van der Waals surface area contributed by atoms with Crippen LogP contribution in [-0.2, 0) is 27.9 Å². The van der Waals surface area contributed by atoms with E-state index in [9.17, 15) is 12.8 Å². The average molecular weight is 427 g/mol. The van der Waals surface area contributed by atoms with E-state index < -0.39 is 10.0 Å². The summed E-state index contributed by atoms with van der Waals surface area (Å²) in [6.07, 6.45) is 0. The van der Waals surface area contributed by atoms with Gasteiger partial charge in [-0.2, -0.15) is 4.31 Å². The van der Waals surface area contributed by atoms with Crippen molar-refractivity contribution in [3.63, 3.8) is 0 Å². The average Bonchev–Trinajstić information content (AvgIpc) is 2.68. The minimum absolute atomic E-state index is 0.123. The van der Waals surface area contributed by atoms with Gasteiger partial charge in [-0.3, -0.25) is 4.90 Å². The van der Waals surface area contributed by atoms with Gasteiger partial charge in [0.25, 0.3) is 0 Å². The molecule has 2 aromatic rings. The van der Waals surface area contributed by atoms with E-state index >= 15 is 0 Å². The third kappa shape index (κ3) is 3.88. The number of rotatable bonds is 4. The van der Waals surface area contributed by atoms with Crippen molar-refractivity contribution in [2.24, 2.45) is 0 Å². The number of sulfonamides is 1. The van der Waals surface area contributed by atoms with E-state index in [2.05, 4.69) is 4.90 Å². The molecule has 0 spiro atoms. The van der Waals surface area contributed by atoms with Gasteiger partial charge in [0.1, 0.15) is 16.5 Å². The molecule has 0 unspecified atom stereocenters. The van der Waals surface area contributed by atoms with Gasteiger partial charge in [0.2, 0.25) is 10.0 Å². The second-order valence-corrected chi connectivity index (χ2v) is 9.09. The maximum absolute atomic E-state index is 13.9. The molecule has 28 heavy (non-hydrogen) atoms. The zero-order valence-corrected chi connectivity index (χ0v) is 16.7. The van der Waals surface area contributed by atoms with Crippen molar-refractivity contribution in [3.05, 3.63) is 58.4 Å². The summed E-state index contributed by atoms with van der Waals surface area (Å²) < 4.78 is 51.8. The summed E-state index contributed by atoms with van der Waals surface area (Å²) in [4.78, 5) is 2.21. The summed E-state index contributed by atoms with van der Waals surface area (Å²) >= 11 is 6.07. The Bertz CT molecular complexity index is 978. The number of halogens is 2. The predicted octanol–water partition coefficient (Wildman–Crippen LogP) is 2.85. The SMILES string of the molecule is O=S(=O)(c1ccccc1Cl)N1CCN(Cc2cc(F)cc3c2OCOC3)CC1. The van der Waals surface area contributed by atoms with Crippen LogP contribution in [0.1, 0.15) is 11.1 Å². The Morgan fingerprint density at radius 3 is 2.61 bits per heavy atom. The van der Waals surface area contributed by atoms with E-state index in [0.29, 0.717) is 50.6 Å². The Labute approximate surface area is 168 Å². The summed E-state index contributed by atoms with van der Waals surface area (Å²) in [6.45, 7) is 2.71. The molecule has 2 heterocycles. The van der Waals surface area contributed by atoms with Gasteiger partial charge >= 0.3 is 0 Å². The van der Waals surface area contributed by atoms with Crippen LogP contribution >= 0.6 is 11.6 Å². The van der Waals surface area contributed by atoms with Gasteiger partial charge in [-0.25, -0.2) is 12.8 Å². The zero-order valence-electron chi connectivity index (χ0n) is 15.1. The number of hydrogen-bond donors (Lipinski definition) is 0. The van der Waals surface area contributed by atoms with Crippen LogP contribution in [0.2, 0.25) is 5.02 Å². The zero-order chi connectivity index (χ0) is 19.7. The molecule has 0 aromatic heterocycles. The van der Waals surface area contributed by atoms with Crippen LogP contribution in [0.3, 0.4) is 0 Å². The third-order valence-corrected chi connectivity index (χ3v) is 7.33. The highest BCUT2D eigenvalue weighted by molar-refractivity contribution is 7.89. The molecule has 0 N–H and O–H groups in total. The molecular formula is C19H20ClFN2O4S. The third-order valence-electron chi connectivity index (χ3n) is 4.93. The molecular weight excluding hydrogens is 407 g/mol. The van der Waals surface area contributed by atoms with E-state index in [1.807, 2.05) is 0 Å². The first-order valence-corrected chi connectivity index (χ1v) is 10.8. The van der Waals surface area contributed by atoms with Gasteiger partial charge in [0, 0.05) is 43.9 Å². The lowest BCUT2D eigenvalue weighted by Gasteiger charge is -2.34. The molecule has 4 rings (SSSR count). The molecule has 0 amide bonds. The molecule has 1 saturated heterocycles. The molecule has 2 aliphatic heterocycles. The van der Waals surface area contributed by atoms with E-state index in [-0.39, 0.29) is 22.5 Å². The highest BCUT2D eigenvalue weighted by Crippen LogP contribution is 2.31. The fourth-order valence-corrected chi connectivity index (χ4v) is 5.45. The summed E-state index contributed by atoms with van der Waals surface area (Å²) in [5, 5.41) is 0.218. The Kier molecular flexibility index (Phi) is 5.57. The quantitative estimate of drug-likeness (QED) is 0.752. The number of ether oxygens (including phenoxy) is 2. The van der Waals surface area contributed by atoms with Gasteiger partial charge in [-0.1, -0.05) is 23.7 Å². The molecule has 2 aromatic carbocycles. The van der Waals surface area contributed by atoms with E-state index in [1.165, 1.54) is 22.5 Å². The Morgan fingerprint density at radius 2 is 1.86 bits per heavy atom. The van der Waals surface area contributed by atoms with Crippen LogP contribution < -0.4 is 4.74 Å². The second kappa shape index (κ2) is 7.96. The van der Waals surface area contributed by atoms with Crippen molar-refractivity contribution in [2.45, 2.75) is 18.0 Å². The Morgan fingerprint density at radius 1 is 1.11 bits per heavy atom. The first-order valence-electron chi connectivity index (χ1n) is 8.94. The first-order chi connectivity index (χ1) is 13.4. The highest BCUT2D eigenvalue weighted by atomic mass is 35.5. The van der Waals surface area contributed by atoms with Crippen LogP contribution in [0.15, 0.2) is 41.3 Å². The van der Waals surface area contributed by atoms with Crippen LogP contribution in [0, 0.1) is 5.82 Å². The van der Waals surface area contributed by atoms with Gasteiger partial charge in [-0.05, 0) is 24.3 Å². The predicted molar refractivity (Wildman–Crippen MR) is 102 cm³/mol. The van der Waals surface area contributed by atoms with Crippen molar-refractivity contribution in [1.29, 1.82) is 0 Å². The molecule has 0 atom stereocenters. The Balaban J connectivity index is 1.46. The molecule has 9 heteroatoms. The van der Waals surface area contributed by atoms with Crippen molar-refractivity contribution < 1.29 is 22.3 Å². The number of hydrogen-bond acceptors (Lipinski definition) is 5. The molecule has 150 valence electrons. The molecule has 6 nitrogen and oxygen atoms in total. The smallest absolute Gasteiger partial charge is 0.244 e. The summed E-state index contributed by atoms with van der Waals surface area (Å²) in [5.41, 5.74) is 1.45. The standard InChI is InChI=1S/C19H20ClFN2O4S/c20-17-3-1-2-4-18(17)28(24,25)23-7-5-22(6-8-23)11-14-9-16(21)10-15-12-26-13-27-19(14)15/h1-4,9-10H,5-8,11-13H2. The lowest BCUT2D eigenvalue weighted by atomic mass is 10.1. The molecule has 0 radical (unpaired) electrons. The topological polar surface area (TPSA) is 59.1 Å². The highest BCUT2D eigenvalue weighted by Gasteiger charge is 2.30. The fourth-order valence-electron chi connectivity index (χ4n) is 3.54. The monoisotopic (exact) mass is 426 g/mol. The van der Waals surface area contributed by atoms with Gasteiger partial charge < -0.3 is 9.47 Å². The van der Waals surface area contributed by atoms with Crippen molar-refractivity contribution in [1.82, 2.24) is 9.21 Å². The maximum atomic E-state index is 13.9. The maximum Gasteiger partial charge on any atom is 0.244 e. The van der Waals surface area contributed by atoms with E-state index in [4.69, 9.17) is 21.1 Å². The summed E-state index contributed by atoms with van der Waals surface area (Å²) in [5.74, 6) is 0.335. The Hall–Kier alpha value is -1.71. The molecule has 1 fully saturated rings. The normalized spacial score (nSPS) is 18.5. The number of piperazine rings is 1. The van der Waals surface area contributed by atoms with Crippen LogP contribution in [-0.4, -0.2) is 50.6 Å². The number of nitrogens with zero attached hydrogens (tertiary/aromatic N) is 2. The minimum atomic E-state index is -3.64. The van der Waals surface area contributed by atoms with Crippen LogP contribution in [0.5, 0.6) is 5.75 Å². The number of fused-ring (bicyclic) bond motifs is 1. The van der Waals surface area contributed by atoms with E-state index in [0.717, 1.165) is 5.56 Å². The van der Waals surface area contributed by atoms with Gasteiger partial charge in [0.15, 0.2) is 6.79 Å². The lowest BCUT2D eigenvalue weighted by molar-refractivity contribution is -0.0178.